The number of nitrogens with one attached hydrogen (secondary N) is 1. The van der Waals surface area contributed by atoms with E-state index >= 15 is 0 Å². The first-order chi connectivity index (χ1) is 29.0. The average Bonchev–Trinajstić information content (AvgIpc) is 3.23. The van der Waals surface area contributed by atoms with Crippen LogP contribution in [0, 0.1) is 0 Å². The van der Waals surface area contributed by atoms with Crippen molar-refractivity contribution >= 4 is 11.9 Å². The van der Waals surface area contributed by atoms with Gasteiger partial charge in [-0.2, -0.15) is 0 Å². The number of rotatable bonds is 42. The van der Waals surface area contributed by atoms with Crippen LogP contribution in [-0.4, -0.2) is 46.9 Å². The lowest BCUT2D eigenvalue weighted by molar-refractivity contribution is -0.151. The molecule has 0 aromatic rings. The summed E-state index contributed by atoms with van der Waals surface area (Å²) in [5.74, 6) is -0.543. The molecular formula is C53H91NO5. The quantitative estimate of drug-likeness (QED) is 0.0324. The van der Waals surface area contributed by atoms with E-state index in [4.69, 9.17) is 4.74 Å². The lowest BCUT2D eigenvalue weighted by Gasteiger charge is -2.24. The summed E-state index contributed by atoms with van der Waals surface area (Å²) < 4.78 is 5.89. The van der Waals surface area contributed by atoms with Crippen molar-refractivity contribution in [2.45, 2.75) is 232 Å². The summed E-state index contributed by atoms with van der Waals surface area (Å²) in [6, 6.07) is -0.722. The molecule has 0 bridgehead atoms. The van der Waals surface area contributed by atoms with Crippen LogP contribution in [0.3, 0.4) is 0 Å². The molecule has 0 aliphatic rings. The van der Waals surface area contributed by atoms with E-state index in [1.165, 1.54) is 70.6 Å². The van der Waals surface area contributed by atoms with Crippen molar-refractivity contribution in [1.29, 1.82) is 0 Å². The van der Waals surface area contributed by atoms with Gasteiger partial charge < -0.3 is 20.3 Å². The Bertz CT molecular complexity index is 1150. The highest BCUT2D eigenvalue weighted by Gasteiger charge is 2.24. The molecule has 0 aromatic carbocycles. The van der Waals surface area contributed by atoms with Gasteiger partial charge in [-0.1, -0.05) is 215 Å². The van der Waals surface area contributed by atoms with Crippen LogP contribution in [0.1, 0.15) is 213 Å². The number of allylic oxidation sites excluding steroid dienone is 14. The fraction of sp³-hybridized carbons (Fsp3) is 0.698. The zero-order valence-corrected chi connectivity index (χ0v) is 38.4. The number of aliphatic hydroxyl groups excluding tert-OH is 2. The number of hydrogen-bond acceptors (Lipinski definition) is 5. The van der Waals surface area contributed by atoms with Crippen LogP contribution in [0.15, 0.2) is 85.1 Å². The van der Waals surface area contributed by atoms with Gasteiger partial charge in [0.05, 0.1) is 25.2 Å². The monoisotopic (exact) mass is 822 g/mol. The molecule has 0 aliphatic carbocycles. The molecule has 0 radical (unpaired) electrons. The fourth-order valence-electron chi connectivity index (χ4n) is 6.91. The second-order valence-electron chi connectivity index (χ2n) is 16.3. The molecule has 0 aromatic heterocycles. The van der Waals surface area contributed by atoms with Gasteiger partial charge in [-0.3, -0.25) is 9.59 Å². The van der Waals surface area contributed by atoms with Crippen molar-refractivity contribution in [3.63, 3.8) is 0 Å². The molecule has 1 amide bonds. The number of ether oxygens (including phenoxy) is 1. The molecule has 0 spiro atoms. The van der Waals surface area contributed by atoms with Gasteiger partial charge in [0, 0.05) is 6.42 Å². The lowest BCUT2D eigenvalue weighted by Crippen LogP contribution is -2.46. The standard InChI is InChI=1S/C53H91NO5/c1-4-7-10-13-16-19-22-24-25-26-28-30-32-35-38-41-44-49(59-53(58)46-43-40-37-34-31-27-23-20-17-14-11-8-5-2)47-52(57)54-50(48-55)51(56)45-42-39-36-33-29-21-18-15-12-9-6-3/h8,11,14,16-17,19-20,22-26,28,30,49-51,55-56H,4-7,9-10,12-13,15,18,21,27,29,31-48H2,1-3H3,(H,54,57)/b11-8+,17-14+,19-16+,23-20-,24-22+,26-25+,30-28+. The molecule has 6 heteroatoms. The maximum atomic E-state index is 13.2. The lowest BCUT2D eigenvalue weighted by atomic mass is 10.0. The van der Waals surface area contributed by atoms with Crippen molar-refractivity contribution in [2.24, 2.45) is 0 Å². The fourth-order valence-corrected chi connectivity index (χ4v) is 6.91. The summed E-state index contributed by atoms with van der Waals surface area (Å²) in [4.78, 5) is 26.1. The van der Waals surface area contributed by atoms with Crippen LogP contribution < -0.4 is 5.32 Å². The highest BCUT2D eigenvalue weighted by Crippen LogP contribution is 2.17. The van der Waals surface area contributed by atoms with Crippen LogP contribution in [-0.2, 0) is 14.3 Å². The molecule has 6 nitrogen and oxygen atoms in total. The smallest absolute Gasteiger partial charge is 0.306 e. The topological polar surface area (TPSA) is 95.9 Å². The predicted molar refractivity (Wildman–Crippen MR) is 254 cm³/mol. The first kappa shape index (κ1) is 56.0. The van der Waals surface area contributed by atoms with Gasteiger partial charge in [-0.25, -0.2) is 0 Å². The van der Waals surface area contributed by atoms with Gasteiger partial charge in [-0.05, 0) is 70.6 Å². The van der Waals surface area contributed by atoms with E-state index in [1.54, 1.807) is 0 Å². The minimum Gasteiger partial charge on any atom is -0.462 e. The van der Waals surface area contributed by atoms with E-state index in [9.17, 15) is 19.8 Å². The summed E-state index contributed by atoms with van der Waals surface area (Å²) >= 11 is 0. The van der Waals surface area contributed by atoms with Crippen molar-refractivity contribution in [3.8, 4) is 0 Å². The Labute approximate surface area is 363 Å². The Morgan fingerprint density at radius 3 is 1.44 bits per heavy atom. The number of esters is 1. The third-order valence-electron chi connectivity index (χ3n) is 10.6. The van der Waals surface area contributed by atoms with Crippen LogP contribution >= 0.6 is 0 Å². The Morgan fingerprint density at radius 1 is 0.508 bits per heavy atom. The summed E-state index contributed by atoms with van der Waals surface area (Å²) in [7, 11) is 0. The van der Waals surface area contributed by atoms with Crippen molar-refractivity contribution in [1.82, 2.24) is 5.32 Å². The van der Waals surface area contributed by atoms with Gasteiger partial charge in [0.2, 0.25) is 5.91 Å². The van der Waals surface area contributed by atoms with Gasteiger partial charge in [-0.15, -0.1) is 0 Å². The maximum Gasteiger partial charge on any atom is 0.306 e. The number of amides is 1. The number of unbranched alkanes of at least 4 members (excludes halogenated alkanes) is 21. The van der Waals surface area contributed by atoms with E-state index in [0.29, 0.717) is 19.3 Å². The molecule has 0 aliphatic heterocycles. The Balaban J connectivity index is 4.75. The SMILES string of the molecule is CC/C=C/C=C/C=C\CCCCCCCC(=O)OC(CCCCC/C=C/C=C/C=C/C=C/CCCCC)CC(=O)NC(CO)C(O)CCCCCCCCCCCCC. The zero-order valence-electron chi connectivity index (χ0n) is 38.4. The Hall–Kier alpha value is -2.96. The highest BCUT2D eigenvalue weighted by molar-refractivity contribution is 5.77. The van der Waals surface area contributed by atoms with E-state index in [1.807, 2.05) is 12.2 Å². The van der Waals surface area contributed by atoms with Gasteiger partial charge in [0.15, 0.2) is 0 Å². The van der Waals surface area contributed by atoms with E-state index in [0.717, 1.165) is 96.3 Å². The molecule has 0 rings (SSSR count). The van der Waals surface area contributed by atoms with Crippen LogP contribution in [0.4, 0.5) is 0 Å². The van der Waals surface area contributed by atoms with E-state index in [2.05, 4.69) is 99.0 Å². The first-order valence-corrected chi connectivity index (χ1v) is 24.4. The second kappa shape index (κ2) is 46.1. The van der Waals surface area contributed by atoms with Gasteiger partial charge >= 0.3 is 5.97 Å². The molecular weight excluding hydrogens is 731 g/mol. The van der Waals surface area contributed by atoms with E-state index < -0.39 is 18.2 Å². The second-order valence-corrected chi connectivity index (χ2v) is 16.3. The molecule has 0 fully saturated rings. The summed E-state index contributed by atoms with van der Waals surface area (Å²) in [5, 5.41) is 23.7. The number of carbonyl (C=O) groups excluding carboxylic acids is 2. The number of hydrogen-bond donors (Lipinski definition) is 3. The molecule has 3 unspecified atom stereocenters. The van der Waals surface area contributed by atoms with Gasteiger partial charge in [0.25, 0.3) is 0 Å². The molecule has 0 heterocycles. The van der Waals surface area contributed by atoms with Gasteiger partial charge in [0.1, 0.15) is 6.10 Å². The number of carbonyl (C=O) groups is 2. The van der Waals surface area contributed by atoms with Crippen LogP contribution in [0.5, 0.6) is 0 Å². The summed E-state index contributed by atoms with van der Waals surface area (Å²) in [6.07, 6.45) is 59.2. The molecule has 59 heavy (non-hydrogen) atoms. The number of aliphatic hydroxyl groups is 2. The minimum atomic E-state index is -0.805. The summed E-state index contributed by atoms with van der Waals surface area (Å²) in [5.41, 5.74) is 0. The maximum absolute atomic E-state index is 13.2. The van der Waals surface area contributed by atoms with Crippen LogP contribution in [0.25, 0.3) is 0 Å². The zero-order chi connectivity index (χ0) is 43.1. The van der Waals surface area contributed by atoms with Crippen molar-refractivity contribution in [2.75, 3.05) is 6.61 Å². The van der Waals surface area contributed by atoms with Crippen molar-refractivity contribution < 1.29 is 24.5 Å². The van der Waals surface area contributed by atoms with E-state index in [-0.39, 0.29) is 24.9 Å². The largest absolute Gasteiger partial charge is 0.462 e. The normalized spacial score (nSPS) is 14.1. The summed E-state index contributed by atoms with van der Waals surface area (Å²) in [6.45, 7) is 6.27. The third-order valence-corrected chi connectivity index (χ3v) is 10.6. The molecule has 3 N–H and O–H groups in total. The molecule has 3 atom stereocenters. The Morgan fingerprint density at radius 2 is 0.915 bits per heavy atom. The molecule has 0 saturated heterocycles. The van der Waals surface area contributed by atoms with Crippen molar-refractivity contribution in [3.05, 3.63) is 85.1 Å². The molecule has 0 saturated carbocycles. The third kappa shape index (κ3) is 41.6. The first-order valence-electron chi connectivity index (χ1n) is 24.4. The predicted octanol–water partition coefficient (Wildman–Crippen LogP) is 14.4. The molecule has 338 valence electrons. The minimum absolute atomic E-state index is 0.0388. The average molecular weight is 822 g/mol. The highest BCUT2D eigenvalue weighted by atomic mass is 16.5. The Kier molecular flexibility index (Phi) is 43.8. The van der Waals surface area contributed by atoms with Crippen LogP contribution in [0.2, 0.25) is 0 Å².